The molecule has 0 unspecified atom stereocenters. The van der Waals surface area contributed by atoms with Crippen molar-refractivity contribution in [2.75, 3.05) is 13.7 Å². The van der Waals surface area contributed by atoms with Crippen molar-refractivity contribution in [2.24, 2.45) is 0 Å². The molecule has 0 aliphatic rings. The average Bonchev–Trinajstić information content (AvgIpc) is 2.97. The summed E-state index contributed by atoms with van der Waals surface area (Å²) in [4.78, 5) is 0.111. The van der Waals surface area contributed by atoms with Gasteiger partial charge < -0.3 is 4.74 Å². The maximum absolute atomic E-state index is 12.3. The van der Waals surface area contributed by atoms with Crippen molar-refractivity contribution >= 4 is 26.0 Å². The fraction of sp³-hybridized carbons (Fsp3) is 0.333. The summed E-state index contributed by atoms with van der Waals surface area (Å²) in [7, 11) is -2.18. The summed E-state index contributed by atoms with van der Waals surface area (Å²) in [6.45, 7) is 0.899. The van der Waals surface area contributed by atoms with E-state index in [9.17, 15) is 8.42 Å². The Balaban J connectivity index is 1.99. The van der Waals surface area contributed by atoms with Crippen LogP contribution in [0.5, 0.6) is 5.75 Å². The number of nitrogens with zero attached hydrogens (tertiary/aromatic N) is 3. The predicted octanol–water partition coefficient (Wildman–Crippen LogP) is 1.42. The third-order valence-corrected chi connectivity index (χ3v) is 4.72. The zero-order chi connectivity index (χ0) is 15.3. The predicted molar refractivity (Wildman–Crippen MR) is 80.5 cm³/mol. The van der Waals surface area contributed by atoms with Crippen LogP contribution in [-0.2, 0) is 16.6 Å². The number of rotatable bonds is 7. The van der Waals surface area contributed by atoms with Crippen molar-refractivity contribution in [3.63, 3.8) is 0 Å². The molecule has 1 aromatic heterocycles. The van der Waals surface area contributed by atoms with Crippen LogP contribution in [-0.4, -0.2) is 37.1 Å². The summed E-state index contributed by atoms with van der Waals surface area (Å²) in [6.07, 6.45) is 3.92. The van der Waals surface area contributed by atoms with Crippen LogP contribution < -0.4 is 9.46 Å². The van der Waals surface area contributed by atoms with Crippen molar-refractivity contribution in [2.45, 2.75) is 17.9 Å². The quantitative estimate of drug-likeness (QED) is 0.740. The Labute approximate surface area is 131 Å². The first-order valence-corrected chi connectivity index (χ1v) is 8.48. The first-order valence-electron chi connectivity index (χ1n) is 6.20. The Morgan fingerprint density at radius 3 is 2.90 bits per heavy atom. The molecule has 114 valence electrons. The first kappa shape index (κ1) is 15.9. The molecule has 1 N–H and O–H groups in total. The molecule has 0 saturated carbocycles. The molecule has 1 aromatic carbocycles. The van der Waals surface area contributed by atoms with E-state index in [1.807, 2.05) is 0 Å². The van der Waals surface area contributed by atoms with Gasteiger partial charge in [0.15, 0.2) is 0 Å². The van der Waals surface area contributed by atoms with Gasteiger partial charge in [-0.3, -0.25) is 4.68 Å². The van der Waals surface area contributed by atoms with Crippen LogP contribution in [0.15, 0.2) is 40.0 Å². The largest absolute Gasteiger partial charge is 0.495 e. The van der Waals surface area contributed by atoms with E-state index < -0.39 is 10.0 Å². The maximum Gasteiger partial charge on any atom is 0.244 e. The number of aromatic nitrogens is 3. The van der Waals surface area contributed by atoms with Gasteiger partial charge in [-0.25, -0.2) is 13.1 Å². The number of hydrogen-bond donors (Lipinski definition) is 1. The zero-order valence-electron chi connectivity index (χ0n) is 11.4. The molecule has 0 atom stereocenters. The minimum atomic E-state index is -3.62. The first-order chi connectivity index (χ1) is 10.0. The van der Waals surface area contributed by atoms with E-state index in [0.29, 0.717) is 29.7 Å². The third-order valence-electron chi connectivity index (χ3n) is 2.74. The Kier molecular flexibility index (Phi) is 5.32. The van der Waals surface area contributed by atoms with E-state index in [2.05, 4.69) is 31.0 Å². The molecule has 2 rings (SSSR count). The highest BCUT2D eigenvalue weighted by Gasteiger charge is 2.19. The highest BCUT2D eigenvalue weighted by molar-refractivity contribution is 9.10. The number of benzene rings is 1. The summed E-state index contributed by atoms with van der Waals surface area (Å²) < 4.78 is 34.5. The van der Waals surface area contributed by atoms with Gasteiger partial charge in [-0.15, -0.1) is 5.10 Å². The molecule has 21 heavy (non-hydrogen) atoms. The van der Waals surface area contributed by atoms with Crippen molar-refractivity contribution in [3.05, 3.63) is 35.1 Å². The molecule has 0 aliphatic carbocycles. The van der Waals surface area contributed by atoms with E-state index in [1.54, 1.807) is 29.2 Å². The Bertz CT molecular complexity index is 689. The molecule has 0 spiro atoms. The lowest BCUT2D eigenvalue weighted by atomic mass is 10.3. The molecule has 0 amide bonds. The normalized spacial score (nSPS) is 11.5. The standard InChI is InChI=1S/C12H15BrN4O3S/c1-20-11-4-3-10(13)9-12(11)21(18,19)15-5-2-7-17-8-6-14-16-17/h3-4,6,8-9,15H,2,5,7H2,1H3. The molecule has 0 bridgehead atoms. The minimum Gasteiger partial charge on any atom is -0.495 e. The number of halogens is 1. The molecule has 0 radical (unpaired) electrons. The Morgan fingerprint density at radius 1 is 1.43 bits per heavy atom. The van der Waals surface area contributed by atoms with Gasteiger partial charge in [0, 0.05) is 23.8 Å². The number of aryl methyl sites for hydroxylation is 1. The highest BCUT2D eigenvalue weighted by atomic mass is 79.9. The molecule has 7 nitrogen and oxygen atoms in total. The number of ether oxygens (including phenoxy) is 1. The monoisotopic (exact) mass is 374 g/mol. The van der Waals surface area contributed by atoms with E-state index in [0.717, 1.165) is 0 Å². The van der Waals surface area contributed by atoms with Crippen LogP contribution in [0.1, 0.15) is 6.42 Å². The molecule has 1 heterocycles. The fourth-order valence-corrected chi connectivity index (χ4v) is 3.52. The van der Waals surface area contributed by atoms with Crippen LogP contribution in [0.3, 0.4) is 0 Å². The van der Waals surface area contributed by atoms with Crippen molar-refractivity contribution in [1.29, 1.82) is 0 Å². The van der Waals surface area contributed by atoms with Crippen molar-refractivity contribution in [3.8, 4) is 5.75 Å². The number of nitrogens with one attached hydrogen (secondary N) is 1. The van der Waals surface area contributed by atoms with Crippen LogP contribution in [0.4, 0.5) is 0 Å². The smallest absolute Gasteiger partial charge is 0.244 e. The van der Waals surface area contributed by atoms with Gasteiger partial charge >= 0.3 is 0 Å². The highest BCUT2D eigenvalue weighted by Crippen LogP contribution is 2.26. The molecular weight excluding hydrogens is 360 g/mol. The van der Waals surface area contributed by atoms with Gasteiger partial charge in [-0.2, -0.15) is 0 Å². The average molecular weight is 375 g/mol. The topological polar surface area (TPSA) is 86.1 Å². The van der Waals surface area contributed by atoms with Gasteiger partial charge in [-0.05, 0) is 24.6 Å². The number of hydrogen-bond acceptors (Lipinski definition) is 5. The summed E-state index contributed by atoms with van der Waals surface area (Å²) in [5.41, 5.74) is 0. The van der Waals surface area contributed by atoms with E-state index in [4.69, 9.17) is 4.74 Å². The molecule has 0 fully saturated rings. The summed E-state index contributed by atoms with van der Waals surface area (Å²) in [5, 5.41) is 7.49. The van der Waals surface area contributed by atoms with Gasteiger partial charge in [0.1, 0.15) is 10.6 Å². The third kappa shape index (κ3) is 4.26. The van der Waals surface area contributed by atoms with Gasteiger partial charge in [0.05, 0.1) is 13.3 Å². The lowest BCUT2D eigenvalue weighted by molar-refractivity contribution is 0.402. The molecule has 9 heteroatoms. The Hall–Kier alpha value is -1.45. The minimum absolute atomic E-state index is 0.111. The molecule has 0 aliphatic heterocycles. The second-order valence-electron chi connectivity index (χ2n) is 4.21. The SMILES string of the molecule is COc1ccc(Br)cc1S(=O)(=O)NCCCn1ccnn1. The van der Waals surface area contributed by atoms with Crippen LogP contribution in [0.2, 0.25) is 0 Å². The molecule has 0 saturated heterocycles. The zero-order valence-corrected chi connectivity index (χ0v) is 13.8. The number of methoxy groups -OCH3 is 1. The van der Waals surface area contributed by atoms with Gasteiger partial charge in [-0.1, -0.05) is 21.1 Å². The van der Waals surface area contributed by atoms with Gasteiger partial charge in [0.2, 0.25) is 10.0 Å². The van der Waals surface area contributed by atoms with Crippen molar-refractivity contribution in [1.82, 2.24) is 19.7 Å². The molecule has 2 aromatic rings. The van der Waals surface area contributed by atoms with Crippen molar-refractivity contribution < 1.29 is 13.2 Å². The van der Waals surface area contributed by atoms with Crippen LogP contribution in [0, 0.1) is 0 Å². The second-order valence-corrected chi connectivity index (χ2v) is 6.86. The van der Waals surface area contributed by atoms with E-state index in [-0.39, 0.29) is 4.90 Å². The fourth-order valence-electron chi connectivity index (χ4n) is 1.74. The Morgan fingerprint density at radius 2 is 2.24 bits per heavy atom. The lowest BCUT2D eigenvalue weighted by Gasteiger charge is -2.11. The second kappa shape index (κ2) is 7.01. The van der Waals surface area contributed by atoms with Gasteiger partial charge in [0.25, 0.3) is 0 Å². The van der Waals surface area contributed by atoms with E-state index >= 15 is 0 Å². The summed E-state index contributed by atoms with van der Waals surface area (Å²) in [6, 6.07) is 4.84. The lowest BCUT2D eigenvalue weighted by Crippen LogP contribution is -2.26. The van der Waals surface area contributed by atoms with Crippen LogP contribution >= 0.6 is 15.9 Å². The maximum atomic E-state index is 12.3. The number of sulfonamides is 1. The molecular formula is C12H15BrN4O3S. The van der Waals surface area contributed by atoms with E-state index in [1.165, 1.54) is 13.2 Å². The van der Waals surface area contributed by atoms with Crippen LogP contribution in [0.25, 0.3) is 0 Å². The summed E-state index contributed by atoms with van der Waals surface area (Å²) in [5.74, 6) is 0.307. The summed E-state index contributed by atoms with van der Waals surface area (Å²) >= 11 is 3.26.